The van der Waals surface area contributed by atoms with Crippen molar-refractivity contribution in [1.29, 1.82) is 0 Å². The number of piperazine rings is 1. The van der Waals surface area contributed by atoms with Crippen LogP contribution < -0.4 is 5.32 Å². The molecular formula is C14H20Cl3N3. The molecule has 6 heteroatoms. The lowest BCUT2D eigenvalue weighted by Gasteiger charge is -2.43. The maximum atomic E-state index is 6.40. The zero-order valence-electron chi connectivity index (χ0n) is 12.0. The summed E-state index contributed by atoms with van der Waals surface area (Å²) in [5.74, 6) is 0. The van der Waals surface area contributed by atoms with E-state index in [0.717, 1.165) is 31.7 Å². The van der Waals surface area contributed by atoms with Crippen molar-refractivity contribution in [3.8, 4) is 0 Å². The molecule has 0 saturated carbocycles. The van der Waals surface area contributed by atoms with Crippen LogP contribution >= 0.6 is 34.8 Å². The highest BCUT2D eigenvalue weighted by Crippen LogP contribution is 2.45. The highest BCUT2D eigenvalue weighted by atomic mass is 35.5. The molecule has 2 heterocycles. The van der Waals surface area contributed by atoms with Gasteiger partial charge in [-0.2, -0.15) is 0 Å². The average Bonchev–Trinajstić information content (AvgIpc) is 2.39. The molecule has 1 N–H and O–H groups in total. The smallest absolute Gasteiger partial charge is 0.148 e. The van der Waals surface area contributed by atoms with Crippen LogP contribution in [0.4, 0.5) is 0 Å². The van der Waals surface area contributed by atoms with Crippen LogP contribution in [0.1, 0.15) is 32.4 Å². The minimum absolute atomic E-state index is 0.00466. The topological polar surface area (TPSA) is 28.2 Å². The number of nitrogens with one attached hydrogen (secondary N) is 1. The van der Waals surface area contributed by atoms with Crippen LogP contribution in [0.3, 0.4) is 0 Å². The summed E-state index contributed by atoms with van der Waals surface area (Å²) in [4.78, 5) is 6.44. The summed E-state index contributed by atoms with van der Waals surface area (Å²) < 4.78 is 0. The Balaban J connectivity index is 2.49. The fourth-order valence-corrected chi connectivity index (χ4v) is 3.51. The van der Waals surface area contributed by atoms with Gasteiger partial charge < -0.3 is 5.32 Å². The van der Waals surface area contributed by atoms with E-state index < -0.39 is 0 Å². The summed E-state index contributed by atoms with van der Waals surface area (Å²) in [6, 6.07) is 0.116. The van der Waals surface area contributed by atoms with Crippen molar-refractivity contribution in [3.63, 3.8) is 0 Å². The quantitative estimate of drug-likeness (QED) is 0.826. The molecule has 0 aliphatic carbocycles. The van der Waals surface area contributed by atoms with Gasteiger partial charge in [0, 0.05) is 44.0 Å². The first-order chi connectivity index (χ1) is 9.32. The lowest BCUT2D eigenvalue weighted by Crippen LogP contribution is -2.48. The van der Waals surface area contributed by atoms with E-state index in [9.17, 15) is 0 Å². The van der Waals surface area contributed by atoms with E-state index in [2.05, 4.69) is 36.0 Å². The number of hydrogen-bond acceptors (Lipinski definition) is 3. The molecule has 1 aliphatic heterocycles. The molecule has 1 aromatic rings. The average molecular weight is 337 g/mol. The van der Waals surface area contributed by atoms with E-state index >= 15 is 0 Å². The molecular weight excluding hydrogens is 317 g/mol. The second-order valence-electron chi connectivity index (χ2n) is 6.18. The van der Waals surface area contributed by atoms with Gasteiger partial charge in [-0.15, -0.1) is 0 Å². The van der Waals surface area contributed by atoms with E-state index in [1.165, 1.54) is 0 Å². The Hall–Kier alpha value is -0.0600. The summed E-state index contributed by atoms with van der Waals surface area (Å²) in [6.45, 7) is 10.5. The van der Waals surface area contributed by atoms with Gasteiger partial charge in [0.05, 0.1) is 10.0 Å². The van der Waals surface area contributed by atoms with Gasteiger partial charge in [-0.05, 0) is 5.41 Å². The van der Waals surface area contributed by atoms with Crippen LogP contribution in [0, 0.1) is 5.41 Å². The van der Waals surface area contributed by atoms with Crippen LogP contribution in [0.25, 0.3) is 0 Å². The van der Waals surface area contributed by atoms with Crippen LogP contribution in [-0.2, 0) is 0 Å². The van der Waals surface area contributed by atoms with Gasteiger partial charge in [-0.3, -0.25) is 4.90 Å². The van der Waals surface area contributed by atoms with E-state index in [1.54, 1.807) is 6.20 Å². The Morgan fingerprint density at radius 2 is 1.80 bits per heavy atom. The molecule has 1 aromatic heterocycles. The number of hydrogen-bond donors (Lipinski definition) is 1. The van der Waals surface area contributed by atoms with E-state index in [4.69, 9.17) is 34.8 Å². The summed E-state index contributed by atoms with van der Waals surface area (Å²) in [5.41, 5.74) is 0.887. The number of halogens is 3. The lowest BCUT2D eigenvalue weighted by molar-refractivity contribution is 0.0863. The Bertz CT molecular complexity index is 479. The zero-order chi connectivity index (χ0) is 14.9. The van der Waals surface area contributed by atoms with E-state index in [1.807, 2.05) is 0 Å². The number of rotatable bonds is 2. The Morgan fingerprint density at radius 1 is 1.20 bits per heavy atom. The highest BCUT2D eigenvalue weighted by molar-refractivity contribution is 6.43. The largest absolute Gasteiger partial charge is 0.314 e. The van der Waals surface area contributed by atoms with Gasteiger partial charge in [0.1, 0.15) is 5.15 Å². The standard InChI is InChI=1S/C14H20Cl3N3/c1-14(2,3)12(20-6-4-18-5-7-20)10-9(15)8-19-13(17)11(10)16/h8,12,18H,4-7H2,1-3H3/t12-/m0/s1. The fraction of sp³-hybridized carbons (Fsp3) is 0.643. The van der Waals surface area contributed by atoms with Gasteiger partial charge >= 0.3 is 0 Å². The molecule has 2 rings (SSSR count). The molecule has 0 amide bonds. The van der Waals surface area contributed by atoms with Crippen molar-refractivity contribution in [2.24, 2.45) is 5.41 Å². The number of pyridine rings is 1. The van der Waals surface area contributed by atoms with Crippen molar-refractivity contribution in [1.82, 2.24) is 15.2 Å². The van der Waals surface area contributed by atoms with Crippen LogP contribution in [0.15, 0.2) is 6.20 Å². The van der Waals surface area contributed by atoms with Crippen molar-refractivity contribution >= 4 is 34.8 Å². The van der Waals surface area contributed by atoms with Gasteiger partial charge in [0.2, 0.25) is 0 Å². The minimum atomic E-state index is -0.00466. The lowest BCUT2D eigenvalue weighted by atomic mass is 9.81. The SMILES string of the molecule is CC(C)(C)[C@H](c1c(Cl)cnc(Cl)c1Cl)N1CCNCC1. The van der Waals surface area contributed by atoms with Crippen molar-refractivity contribution in [3.05, 3.63) is 27.0 Å². The molecule has 0 aromatic carbocycles. The third kappa shape index (κ3) is 3.40. The first-order valence-corrected chi connectivity index (χ1v) is 7.90. The molecule has 1 saturated heterocycles. The maximum Gasteiger partial charge on any atom is 0.148 e. The molecule has 1 fully saturated rings. The molecule has 1 aliphatic rings. The molecule has 0 unspecified atom stereocenters. The minimum Gasteiger partial charge on any atom is -0.314 e. The maximum absolute atomic E-state index is 6.40. The van der Waals surface area contributed by atoms with Gasteiger partial charge in [-0.25, -0.2) is 4.98 Å². The van der Waals surface area contributed by atoms with Crippen LogP contribution in [-0.4, -0.2) is 36.1 Å². The summed E-state index contributed by atoms with van der Waals surface area (Å²) >= 11 is 18.9. The molecule has 1 atom stereocenters. The second kappa shape index (κ2) is 6.37. The third-order valence-corrected chi connectivity index (χ3v) is 4.64. The molecule has 20 heavy (non-hydrogen) atoms. The summed E-state index contributed by atoms with van der Waals surface area (Å²) in [7, 11) is 0. The van der Waals surface area contributed by atoms with E-state index in [-0.39, 0.29) is 11.5 Å². The Kier molecular flexibility index (Phi) is 5.19. The molecule has 3 nitrogen and oxygen atoms in total. The van der Waals surface area contributed by atoms with Crippen LogP contribution in [0.2, 0.25) is 15.2 Å². The third-order valence-electron chi connectivity index (χ3n) is 3.58. The molecule has 0 radical (unpaired) electrons. The summed E-state index contributed by atoms with van der Waals surface area (Å²) in [5, 5.41) is 4.73. The van der Waals surface area contributed by atoms with E-state index in [0.29, 0.717) is 15.2 Å². The van der Waals surface area contributed by atoms with Crippen molar-refractivity contribution in [2.75, 3.05) is 26.2 Å². The van der Waals surface area contributed by atoms with Crippen molar-refractivity contribution < 1.29 is 0 Å². The summed E-state index contributed by atoms with van der Waals surface area (Å²) in [6.07, 6.45) is 1.59. The monoisotopic (exact) mass is 335 g/mol. The first-order valence-electron chi connectivity index (χ1n) is 6.76. The van der Waals surface area contributed by atoms with Gasteiger partial charge in [0.25, 0.3) is 0 Å². The normalized spacial score (nSPS) is 19.1. The predicted octanol–water partition coefficient (Wildman–Crippen LogP) is 4.03. The molecule has 112 valence electrons. The Labute approximate surface area is 135 Å². The van der Waals surface area contributed by atoms with Gasteiger partial charge in [0.15, 0.2) is 0 Å². The fourth-order valence-electron chi connectivity index (χ4n) is 2.81. The first kappa shape index (κ1) is 16.3. The van der Waals surface area contributed by atoms with Crippen molar-refractivity contribution in [2.45, 2.75) is 26.8 Å². The van der Waals surface area contributed by atoms with Crippen LogP contribution in [0.5, 0.6) is 0 Å². The zero-order valence-corrected chi connectivity index (χ0v) is 14.3. The predicted molar refractivity (Wildman–Crippen MR) is 85.9 cm³/mol. The molecule has 0 bridgehead atoms. The second-order valence-corrected chi connectivity index (χ2v) is 7.32. The molecule has 0 spiro atoms. The number of nitrogens with zero attached hydrogens (tertiary/aromatic N) is 2. The Morgan fingerprint density at radius 3 is 2.35 bits per heavy atom. The highest BCUT2D eigenvalue weighted by Gasteiger charge is 2.36. The van der Waals surface area contributed by atoms with Gasteiger partial charge in [-0.1, -0.05) is 55.6 Å². The number of aromatic nitrogens is 1.